The first kappa shape index (κ1) is 15.4. The molecule has 116 valence electrons. The van der Waals surface area contributed by atoms with E-state index in [1.54, 1.807) is 18.2 Å². The van der Waals surface area contributed by atoms with Crippen LogP contribution in [0, 0.1) is 0 Å². The van der Waals surface area contributed by atoms with Crippen LogP contribution in [-0.4, -0.2) is 19.7 Å². The van der Waals surface area contributed by atoms with E-state index < -0.39 is 11.1 Å². The first-order chi connectivity index (χ1) is 10.5. The molecule has 1 aliphatic rings. The first-order valence-electron chi connectivity index (χ1n) is 6.82. The van der Waals surface area contributed by atoms with E-state index >= 15 is 0 Å². The van der Waals surface area contributed by atoms with Crippen molar-refractivity contribution in [1.82, 2.24) is 5.16 Å². The Morgan fingerprint density at radius 2 is 2.23 bits per heavy atom. The number of nitrogens with zero attached hydrogens (tertiary/aromatic N) is 1. The topological polar surface area (TPSA) is 83.2 Å². The van der Waals surface area contributed by atoms with E-state index in [1.165, 1.54) is 6.92 Å². The SMILES string of the molecule is CC(=O)c1c(-c2ccc(Cl)cc2CS(=O)[O-])noc1C1CC1. The van der Waals surface area contributed by atoms with E-state index in [4.69, 9.17) is 16.1 Å². The van der Waals surface area contributed by atoms with Crippen molar-refractivity contribution in [3.05, 3.63) is 40.1 Å². The highest BCUT2D eigenvalue weighted by atomic mass is 35.5. The summed E-state index contributed by atoms with van der Waals surface area (Å²) in [5.74, 6) is 0.511. The van der Waals surface area contributed by atoms with Crippen molar-refractivity contribution in [2.45, 2.75) is 31.4 Å². The molecule has 0 amide bonds. The average molecular weight is 339 g/mol. The van der Waals surface area contributed by atoms with Crippen LogP contribution in [0.25, 0.3) is 11.3 Å². The monoisotopic (exact) mass is 338 g/mol. The van der Waals surface area contributed by atoms with Gasteiger partial charge in [-0.3, -0.25) is 9.00 Å². The molecule has 0 bridgehead atoms. The molecule has 0 saturated heterocycles. The summed E-state index contributed by atoms with van der Waals surface area (Å²) in [4.78, 5) is 12.0. The second kappa shape index (κ2) is 5.95. The lowest BCUT2D eigenvalue weighted by atomic mass is 9.98. The Bertz CT molecular complexity index is 767. The molecule has 0 spiro atoms. The molecule has 2 aromatic rings. The molecule has 1 fully saturated rings. The van der Waals surface area contributed by atoms with Crippen molar-refractivity contribution in [3.8, 4) is 11.3 Å². The third-order valence-corrected chi connectivity index (χ3v) is 4.40. The summed E-state index contributed by atoms with van der Waals surface area (Å²) in [6.45, 7) is 1.46. The largest absolute Gasteiger partial charge is 0.772 e. The van der Waals surface area contributed by atoms with Gasteiger partial charge in [0.1, 0.15) is 5.69 Å². The zero-order chi connectivity index (χ0) is 15.9. The number of Topliss-reactive ketones (excluding diaryl/α,β-unsaturated/α-hetero) is 1. The summed E-state index contributed by atoms with van der Waals surface area (Å²) in [6.07, 6.45) is 1.96. The van der Waals surface area contributed by atoms with Gasteiger partial charge in [-0.05, 0) is 37.5 Å². The van der Waals surface area contributed by atoms with Crippen molar-refractivity contribution in [2.24, 2.45) is 0 Å². The molecule has 1 aliphatic carbocycles. The number of benzene rings is 1. The van der Waals surface area contributed by atoms with Crippen LogP contribution in [0.3, 0.4) is 0 Å². The predicted octanol–water partition coefficient (Wildman–Crippen LogP) is 3.45. The molecule has 22 heavy (non-hydrogen) atoms. The maximum Gasteiger partial charge on any atom is 0.165 e. The fourth-order valence-corrected chi connectivity index (χ4v) is 3.18. The second-order valence-electron chi connectivity index (χ2n) is 5.35. The maximum absolute atomic E-state index is 12.0. The van der Waals surface area contributed by atoms with Crippen LogP contribution >= 0.6 is 11.6 Å². The van der Waals surface area contributed by atoms with Gasteiger partial charge in [-0.15, -0.1) is 0 Å². The van der Waals surface area contributed by atoms with Gasteiger partial charge in [0.25, 0.3) is 0 Å². The standard InChI is InChI=1S/C15H14ClNO4S/c1-8(18)13-14(17-21-15(13)9-2-3-9)12-5-4-11(16)6-10(12)7-22(19)20/h4-6,9H,2-3,7H2,1H3,(H,19,20)/p-1. The highest BCUT2D eigenvalue weighted by Gasteiger charge is 2.34. The van der Waals surface area contributed by atoms with Gasteiger partial charge >= 0.3 is 0 Å². The number of ketones is 1. The minimum atomic E-state index is -2.27. The molecule has 7 heteroatoms. The highest BCUT2D eigenvalue weighted by Crippen LogP contribution is 2.44. The van der Waals surface area contributed by atoms with E-state index in [9.17, 15) is 13.6 Å². The predicted molar refractivity (Wildman–Crippen MR) is 81.6 cm³/mol. The molecule has 0 N–H and O–H groups in total. The van der Waals surface area contributed by atoms with Crippen LogP contribution in [0.2, 0.25) is 5.02 Å². The molecule has 1 aromatic heterocycles. The van der Waals surface area contributed by atoms with E-state index in [0.717, 1.165) is 12.8 Å². The molecule has 0 aliphatic heterocycles. The molecule has 1 unspecified atom stereocenters. The van der Waals surface area contributed by atoms with Crippen LogP contribution in [-0.2, 0) is 16.8 Å². The van der Waals surface area contributed by atoms with Crippen LogP contribution in [0.1, 0.15) is 47.4 Å². The lowest BCUT2D eigenvalue weighted by Crippen LogP contribution is -2.01. The third-order valence-electron chi connectivity index (χ3n) is 3.61. The van der Waals surface area contributed by atoms with Gasteiger partial charge in [0, 0.05) is 22.3 Å². The molecule has 1 saturated carbocycles. The Balaban J connectivity index is 2.15. The summed E-state index contributed by atoms with van der Waals surface area (Å²) in [5.41, 5.74) is 1.91. The number of carbonyl (C=O) groups excluding carboxylic acids is 1. The lowest BCUT2D eigenvalue weighted by molar-refractivity contribution is 0.101. The van der Waals surface area contributed by atoms with Gasteiger partial charge in [-0.25, -0.2) is 0 Å². The van der Waals surface area contributed by atoms with Gasteiger partial charge in [0.15, 0.2) is 11.5 Å². The normalized spacial score (nSPS) is 15.8. The van der Waals surface area contributed by atoms with Crippen molar-refractivity contribution < 1.29 is 18.1 Å². The van der Waals surface area contributed by atoms with Crippen molar-refractivity contribution >= 4 is 28.5 Å². The summed E-state index contributed by atoms with van der Waals surface area (Å²) in [7, 11) is 0. The van der Waals surface area contributed by atoms with Gasteiger partial charge in [-0.1, -0.05) is 33.9 Å². The summed E-state index contributed by atoms with van der Waals surface area (Å²) >= 11 is 3.68. The lowest BCUT2D eigenvalue weighted by Gasteiger charge is -2.11. The Hall–Kier alpha value is -1.50. The van der Waals surface area contributed by atoms with E-state index in [-0.39, 0.29) is 17.5 Å². The Kier molecular flexibility index (Phi) is 4.16. The molecular weight excluding hydrogens is 326 g/mol. The average Bonchev–Trinajstić information content (AvgIpc) is 3.17. The number of carbonyl (C=O) groups is 1. The molecule has 1 heterocycles. The van der Waals surface area contributed by atoms with E-state index in [2.05, 4.69) is 5.16 Å². The molecule has 1 atom stereocenters. The number of halogens is 1. The Morgan fingerprint density at radius 1 is 1.50 bits per heavy atom. The number of hydrogen-bond acceptors (Lipinski definition) is 5. The van der Waals surface area contributed by atoms with Crippen LogP contribution in [0.4, 0.5) is 0 Å². The fourth-order valence-electron chi connectivity index (χ4n) is 2.49. The first-order valence-corrected chi connectivity index (χ1v) is 8.44. The zero-order valence-electron chi connectivity index (χ0n) is 11.8. The summed E-state index contributed by atoms with van der Waals surface area (Å²) in [6, 6.07) is 4.89. The number of hydrogen-bond donors (Lipinski definition) is 0. The van der Waals surface area contributed by atoms with Crippen molar-refractivity contribution in [2.75, 3.05) is 0 Å². The summed E-state index contributed by atoms with van der Waals surface area (Å²) in [5, 5.41) is 4.46. The highest BCUT2D eigenvalue weighted by molar-refractivity contribution is 7.78. The molecule has 5 nitrogen and oxygen atoms in total. The van der Waals surface area contributed by atoms with Crippen LogP contribution < -0.4 is 0 Å². The smallest absolute Gasteiger partial charge is 0.165 e. The number of aromatic nitrogens is 1. The maximum atomic E-state index is 12.0. The minimum Gasteiger partial charge on any atom is -0.772 e. The fraction of sp³-hybridized carbons (Fsp3) is 0.333. The number of rotatable bonds is 5. The van der Waals surface area contributed by atoms with Crippen LogP contribution in [0.5, 0.6) is 0 Å². The van der Waals surface area contributed by atoms with Gasteiger partial charge in [0.2, 0.25) is 0 Å². The third kappa shape index (κ3) is 2.99. The molecule has 0 radical (unpaired) electrons. The van der Waals surface area contributed by atoms with Crippen molar-refractivity contribution in [1.29, 1.82) is 0 Å². The minimum absolute atomic E-state index is 0.137. The van der Waals surface area contributed by atoms with Crippen molar-refractivity contribution in [3.63, 3.8) is 0 Å². The molecule has 3 rings (SSSR count). The van der Waals surface area contributed by atoms with Crippen LogP contribution in [0.15, 0.2) is 22.7 Å². The van der Waals surface area contributed by atoms with Gasteiger partial charge in [-0.2, -0.15) is 0 Å². The molecule has 1 aromatic carbocycles. The second-order valence-corrected chi connectivity index (χ2v) is 6.68. The Morgan fingerprint density at radius 3 is 2.82 bits per heavy atom. The summed E-state index contributed by atoms with van der Waals surface area (Å²) < 4.78 is 27.5. The zero-order valence-corrected chi connectivity index (χ0v) is 13.4. The van der Waals surface area contributed by atoms with Gasteiger partial charge in [0.05, 0.1) is 5.56 Å². The van der Waals surface area contributed by atoms with Gasteiger partial charge < -0.3 is 9.08 Å². The quantitative estimate of drug-likeness (QED) is 0.615. The Labute approximate surface area is 134 Å². The van der Waals surface area contributed by atoms with E-state index in [0.29, 0.717) is 33.2 Å². The van der Waals surface area contributed by atoms with E-state index in [1.807, 2.05) is 0 Å². The molecular formula is C15H13ClNO4S-.